The van der Waals surface area contributed by atoms with Crippen LogP contribution in [-0.4, -0.2) is 11.1 Å². The van der Waals surface area contributed by atoms with Gasteiger partial charge in [-0.25, -0.2) is 0 Å². The third-order valence-corrected chi connectivity index (χ3v) is 9.24. The third kappa shape index (κ3) is 2.51. The molecular formula is C21H33N3O. The van der Waals surface area contributed by atoms with Gasteiger partial charge in [0.15, 0.2) is 0 Å². The minimum atomic E-state index is 0.235. The van der Waals surface area contributed by atoms with Gasteiger partial charge in [-0.1, -0.05) is 19.0 Å². The van der Waals surface area contributed by atoms with Crippen molar-refractivity contribution in [2.75, 3.05) is 0 Å². The van der Waals surface area contributed by atoms with Crippen molar-refractivity contribution in [2.24, 2.45) is 45.5 Å². The largest absolute Gasteiger partial charge is 0.516 e. The lowest BCUT2D eigenvalue weighted by Crippen LogP contribution is -2.53. The zero-order valence-electron chi connectivity index (χ0n) is 15.8. The highest BCUT2D eigenvalue weighted by Crippen LogP contribution is 2.67. The quantitative estimate of drug-likeness (QED) is 0.268. The Morgan fingerprint density at radius 2 is 1.76 bits per heavy atom. The molecule has 0 spiro atoms. The number of azide groups is 1. The van der Waals surface area contributed by atoms with E-state index in [0.717, 1.165) is 36.5 Å². The van der Waals surface area contributed by atoms with E-state index in [1.165, 1.54) is 51.2 Å². The van der Waals surface area contributed by atoms with Gasteiger partial charge in [0.25, 0.3) is 0 Å². The molecule has 0 aliphatic heterocycles. The molecule has 0 aromatic heterocycles. The van der Waals surface area contributed by atoms with Gasteiger partial charge in [-0.05, 0) is 110 Å². The third-order valence-electron chi connectivity index (χ3n) is 9.24. The van der Waals surface area contributed by atoms with Crippen LogP contribution in [0.2, 0.25) is 0 Å². The second kappa shape index (κ2) is 6.23. The summed E-state index contributed by atoms with van der Waals surface area (Å²) in [5, 5.41) is 13.4. The number of aliphatic hydroxyl groups excluding tert-OH is 1. The van der Waals surface area contributed by atoms with Crippen molar-refractivity contribution >= 4 is 0 Å². The second-order valence-corrected chi connectivity index (χ2v) is 9.86. The Morgan fingerprint density at radius 3 is 2.52 bits per heavy atom. The Hall–Kier alpha value is -1.15. The van der Waals surface area contributed by atoms with Gasteiger partial charge < -0.3 is 5.11 Å². The number of fused-ring (bicyclic) bond motifs is 5. The van der Waals surface area contributed by atoms with Crippen LogP contribution < -0.4 is 0 Å². The molecule has 4 aliphatic carbocycles. The summed E-state index contributed by atoms with van der Waals surface area (Å²) in [6, 6.07) is 0.235. The first-order valence-electron chi connectivity index (χ1n) is 10.4. The smallest absolute Gasteiger partial charge is 0.0754 e. The van der Waals surface area contributed by atoms with E-state index in [2.05, 4.69) is 29.9 Å². The standard InChI is InChI=1S/C21H33N3O/c1-20-11-8-19-17(18(20)6-4-14(20)9-12-25)5-3-15-13-16(23-24-22)7-10-21(15,19)2/h9,12,14-19,25H,3-8,10-11,13H2,1-2H3/t14-,15?,16?,17+,18+,19+,20-,21+/m1/s1. The van der Waals surface area contributed by atoms with Gasteiger partial charge in [0, 0.05) is 11.0 Å². The number of rotatable bonds is 2. The molecule has 0 aromatic carbocycles. The van der Waals surface area contributed by atoms with Crippen molar-refractivity contribution in [3.05, 3.63) is 22.8 Å². The molecular weight excluding hydrogens is 310 g/mol. The Bertz CT molecular complexity index is 598. The first-order valence-corrected chi connectivity index (χ1v) is 10.4. The zero-order chi connectivity index (χ0) is 17.7. The van der Waals surface area contributed by atoms with Gasteiger partial charge in [-0.2, -0.15) is 0 Å². The fraction of sp³-hybridized carbons (Fsp3) is 0.905. The van der Waals surface area contributed by atoms with Gasteiger partial charge in [-0.3, -0.25) is 0 Å². The summed E-state index contributed by atoms with van der Waals surface area (Å²) in [5.41, 5.74) is 9.65. The normalized spacial score (nSPS) is 52.1. The molecule has 4 nitrogen and oxygen atoms in total. The van der Waals surface area contributed by atoms with Gasteiger partial charge in [-0.15, -0.1) is 0 Å². The molecule has 138 valence electrons. The molecule has 4 fully saturated rings. The van der Waals surface area contributed by atoms with Crippen molar-refractivity contribution < 1.29 is 5.11 Å². The maximum Gasteiger partial charge on any atom is 0.0754 e. The molecule has 8 atom stereocenters. The van der Waals surface area contributed by atoms with E-state index < -0.39 is 0 Å². The van der Waals surface area contributed by atoms with Crippen molar-refractivity contribution in [1.29, 1.82) is 0 Å². The summed E-state index contributed by atoms with van der Waals surface area (Å²) in [4.78, 5) is 3.08. The van der Waals surface area contributed by atoms with Crippen LogP contribution in [0.1, 0.15) is 71.6 Å². The van der Waals surface area contributed by atoms with Crippen LogP contribution in [-0.2, 0) is 0 Å². The maximum absolute atomic E-state index is 9.31. The molecule has 25 heavy (non-hydrogen) atoms. The SMILES string of the molecule is C[C@]12CC[C@H]3[C@@H](CCC4CC(N=[N+]=[N-])CC[C@@]43C)[C@@H]1CC[C@@H]2C=CO. The zero-order valence-corrected chi connectivity index (χ0v) is 15.8. The summed E-state index contributed by atoms with van der Waals surface area (Å²) in [6.07, 6.45) is 14.7. The van der Waals surface area contributed by atoms with E-state index >= 15 is 0 Å². The average molecular weight is 344 g/mol. The van der Waals surface area contributed by atoms with Crippen molar-refractivity contribution in [2.45, 2.75) is 77.7 Å². The Balaban J connectivity index is 1.57. The molecule has 0 radical (unpaired) electrons. The Labute approximate surface area is 151 Å². The molecule has 1 N–H and O–H groups in total. The van der Waals surface area contributed by atoms with Gasteiger partial charge in [0.05, 0.1) is 6.26 Å². The number of hydrogen-bond donors (Lipinski definition) is 1. The summed E-state index contributed by atoms with van der Waals surface area (Å²) >= 11 is 0. The lowest BCUT2D eigenvalue weighted by molar-refractivity contribution is -0.110. The van der Waals surface area contributed by atoms with Crippen molar-refractivity contribution in [3.8, 4) is 0 Å². The fourth-order valence-corrected chi connectivity index (χ4v) is 7.87. The second-order valence-electron chi connectivity index (χ2n) is 9.86. The molecule has 0 heterocycles. The number of hydrogen-bond acceptors (Lipinski definition) is 2. The minimum absolute atomic E-state index is 0.235. The van der Waals surface area contributed by atoms with Crippen LogP contribution in [0.15, 0.2) is 17.5 Å². The van der Waals surface area contributed by atoms with Crippen LogP contribution in [0.25, 0.3) is 10.4 Å². The monoisotopic (exact) mass is 343 g/mol. The average Bonchev–Trinajstić information content (AvgIpc) is 2.93. The van der Waals surface area contributed by atoms with Crippen molar-refractivity contribution in [1.82, 2.24) is 0 Å². The molecule has 0 saturated heterocycles. The van der Waals surface area contributed by atoms with E-state index in [4.69, 9.17) is 5.53 Å². The highest BCUT2D eigenvalue weighted by Gasteiger charge is 2.59. The van der Waals surface area contributed by atoms with Crippen LogP contribution in [0.3, 0.4) is 0 Å². The molecule has 2 unspecified atom stereocenters. The molecule has 4 aliphatic rings. The van der Waals surface area contributed by atoms with E-state index in [0.29, 0.717) is 16.7 Å². The highest BCUT2D eigenvalue weighted by molar-refractivity contribution is 5.12. The maximum atomic E-state index is 9.31. The highest BCUT2D eigenvalue weighted by atomic mass is 16.2. The van der Waals surface area contributed by atoms with Gasteiger partial charge >= 0.3 is 0 Å². The number of allylic oxidation sites excluding steroid dienone is 1. The van der Waals surface area contributed by atoms with E-state index in [1.807, 2.05) is 0 Å². The Kier molecular flexibility index (Phi) is 4.30. The lowest BCUT2D eigenvalue weighted by atomic mass is 9.44. The molecule has 0 aromatic rings. The van der Waals surface area contributed by atoms with Crippen LogP contribution in [0.4, 0.5) is 0 Å². The van der Waals surface area contributed by atoms with E-state index in [-0.39, 0.29) is 6.04 Å². The fourth-order valence-electron chi connectivity index (χ4n) is 7.87. The summed E-state index contributed by atoms with van der Waals surface area (Å²) < 4.78 is 0. The minimum Gasteiger partial charge on any atom is -0.516 e. The van der Waals surface area contributed by atoms with Gasteiger partial charge in [0.1, 0.15) is 0 Å². The van der Waals surface area contributed by atoms with Crippen LogP contribution in [0.5, 0.6) is 0 Å². The van der Waals surface area contributed by atoms with Crippen molar-refractivity contribution in [3.63, 3.8) is 0 Å². The summed E-state index contributed by atoms with van der Waals surface area (Å²) in [7, 11) is 0. The first-order chi connectivity index (χ1) is 12.0. The molecule has 0 bridgehead atoms. The number of nitrogens with zero attached hydrogens (tertiary/aromatic N) is 3. The van der Waals surface area contributed by atoms with E-state index in [9.17, 15) is 5.11 Å². The molecule has 4 saturated carbocycles. The Morgan fingerprint density at radius 1 is 1.00 bits per heavy atom. The molecule has 4 rings (SSSR count). The topological polar surface area (TPSA) is 69.0 Å². The molecule has 4 heteroatoms. The number of aliphatic hydroxyl groups is 1. The molecule has 0 amide bonds. The first kappa shape index (κ1) is 17.3. The van der Waals surface area contributed by atoms with Gasteiger partial charge in [0.2, 0.25) is 0 Å². The van der Waals surface area contributed by atoms with Crippen LogP contribution in [0, 0.1) is 40.4 Å². The summed E-state index contributed by atoms with van der Waals surface area (Å²) in [5.74, 6) is 3.87. The van der Waals surface area contributed by atoms with Crippen LogP contribution >= 0.6 is 0 Å². The predicted octanol–water partition coefficient (Wildman–Crippen LogP) is 6.40. The summed E-state index contributed by atoms with van der Waals surface area (Å²) in [6.45, 7) is 5.06. The predicted molar refractivity (Wildman–Crippen MR) is 99.9 cm³/mol. The lowest BCUT2D eigenvalue weighted by Gasteiger charge is -2.61. The van der Waals surface area contributed by atoms with E-state index in [1.54, 1.807) is 0 Å².